The summed E-state index contributed by atoms with van der Waals surface area (Å²) < 4.78 is 0. The molecule has 2 N–H and O–H groups in total. The van der Waals surface area contributed by atoms with Crippen LogP contribution in [0.25, 0.3) is 0 Å². The predicted octanol–water partition coefficient (Wildman–Crippen LogP) is 3.36. The van der Waals surface area contributed by atoms with Crippen LogP contribution in [0.2, 0.25) is 0 Å². The van der Waals surface area contributed by atoms with Crippen LogP contribution in [-0.4, -0.2) is 63.5 Å². The number of carbonyl (C=O) groups is 1. The third kappa shape index (κ3) is 6.01. The molecule has 172 valence electrons. The van der Waals surface area contributed by atoms with Crippen molar-refractivity contribution in [2.45, 2.75) is 26.7 Å². The molecule has 9 nitrogen and oxygen atoms in total. The minimum atomic E-state index is -0.206. The highest BCUT2D eigenvalue weighted by Crippen LogP contribution is 2.18. The molecule has 0 radical (unpaired) electrons. The first kappa shape index (κ1) is 22.6. The van der Waals surface area contributed by atoms with Gasteiger partial charge in [-0.25, -0.2) is 4.98 Å². The van der Waals surface area contributed by atoms with Crippen LogP contribution in [-0.2, 0) is 6.42 Å². The summed E-state index contributed by atoms with van der Waals surface area (Å²) >= 11 is 0. The average molecular weight is 447 g/mol. The van der Waals surface area contributed by atoms with Crippen molar-refractivity contribution in [2.24, 2.45) is 0 Å². The average Bonchev–Trinajstić information content (AvgIpc) is 2.85. The Kier molecular flexibility index (Phi) is 7.41. The van der Waals surface area contributed by atoms with E-state index in [0.717, 1.165) is 50.7 Å². The van der Waals surface area contributed by atoms with E-state index in [1.54, 1.807) is 18.3 Å². The monoisotopic (exact) mass is 446 g/mol. The number of rotatable bonds is 8. The Hall–Kier alpha value is -3.59. The molecular weight excluding hydrogens is 416 g/mol. The van der Waals surface area contributed by atoms with Crippen LogP contribution in [0, 0.1) is 0 Å². The number of hydrogen-bond donors (Lipinski definition) is 2. The molecule has 33 heavy (non-hydrogen) atoms. The first-order valence-corrected chi connectivity index (χ1v) is 11.5. The smallest absolute Gasteiger partial charge is 0.255 e. The minimum absolute atomic E-state index is 0.206. The zero-order valence-electron chi connectivity index (χ0n) is 19.2. The number of nitrogens with zero attached hydrogens (tertiary/aromatic N) is 6. The van der Waals surface area contributed by atoms with Gasteiger partial charge < -0.3 is 15.5 Å². The van der Waals surface area contributed by atoms with Crippen molar-refractivity contribution < 1.29 is 4.79 Å². The lowest BCUT2D eigenvalue weighted by atomic mass is 10.2. The van der Waals surface area contributed by atoms with Gasteiger partial charge in [0.15, 0.2) is 0 Å². The summed E-state index contributed by atoms with van der Waals surface area (Å²) in [6, 6.07) is 12.7. The van der Waals surface area contributed by atoms with E-state index >= 15 is 0 Å². The second-order valence-electron chi connectivity index (χ2n) is 7.93. The molecule has 3 aromatic rings. The van der Waals surface area contributed by atoms with Crippen molar-refractivity contribution >= 4 is 29.3 Å². The van der Waals surface area contributed by atoms with Crippen LogP contribution in [0.4, 0.5) is 23.4 Å². The fourth-order valence-corrected chi connectivity index (χ4v) is 3.73. The number of aromatic nitrogens is 4. The lowest BCUT2D eigenvalue weighted by molar-refractivity contribution is 0.102. The molecule has 1 aromatic carbocycles. The summed E-state index contributed by atoms with van der Waals surface area (Å²) in [5, 5.41) is 6.04. The van der Waals surface area contributed by atoms with Gasteiger partial charge in [0.2, 0.25) is 11.9 Å². The Balaban J connectivity index is 1.48. The number of benzene rings is 1. The third-order valence-corrected chi connectivity index (χ3v) is 5.47. The number of pyridine rings is 1. The second-order valence-corrected chi connectivity index (χ2v) is 7.93. The molecule has 0 bridgehead atoms. The van der Waals surface area contributed by atoms with Gasteiger partial charge in [-0.1, -0.05) is 32.0 Å². The molecule has 3 heterocycles. The lowest BCUT2D eigenvalue weighted by Gasteiger charge is -2.34. The standard InChI is InChI=1S/C24H30N8O/c1-3-12-31-13-15-32(16-14-31)24-29-20(4-2)27-23(30-24)28-21-17-18(10-11-25-21)22(33)26-19-8-6-5-7-9-19/h5-11,17H,3-4,12-16H2,1-2H3,(H,26,33)(H,25,27,28,29,30). The van der Waals surface area contributed by atoms with E-state index in [9.17, 15) is 4.79 Å². The van der Waals surface area contributed by atoms with E-state index in [4.69, 9.17) is 0 Å². The molecule has 0 unspecified atom stereocenters. The van der Waals surface area contributed by atoms with Crippen molar-refractivity contribution in [3.63, 3.8) is 0 Å². The Morgan fingerprint density at radius 3 is 2.52 bits per heavy atom. The van der Waals surface area contributed by atoms with Crippen LogP contribution in [0.15, 0.2) is 48.7 Å². The summed E-state index contributed by atoms with van der Waals surface area (Å²) in [6.07, 6.45) is 3.46. The third-order valence-electron chi connectivity index (χ3n) is 5.47. The number of carbonyl (C=O) groups excluding carboxylic acids is 1. The van der Waals surface area contributed by atoms with Gasteiger partial charge in [0.1, 0.15) is 11.6 Å². The highest BCUT2D eigenvalue weighted by Gasteiger charge is 2.20. The quantitative estimate of drug-likeness (QED) is 0.543. The highest BCUT2D eigenvalue weighted by atomic mass is 16.1. The van der Waals surface area contributed by atoms with E-state index in [1.807, 2.05) is 37.3 Å². The number of para-hydroxylation sites is 1. The summed E-state index contributed by atoms with van der Waals surface area (Å²) in [5.74, 6) is 2.13. The van der Waals surface area contributed by atoms with Gasteiger partial charge in [0.25, 0.3) is 5.91 Å². The second kappa shape index (κ2) is 10.8. The molecule has 1 amide bonds. The first-order chi connectivity index (χ1) is 16.1. The molecule has 1 aliphatic rings. The number of aryl methyl sites for hydroxylation is 1. The number of piperazine rings is 1. The number of amides is 1. The maximum absolute atomic E-state index is 12.6. The molecule has 1 aliphatic heterocycles. The maximum Gasteiger partial charge on any atom is 0.255 e. The summed E-state index contributed by atoms with van der Waals surface area (Å²) in [5.41, 5.74) is 1.23. The van der Waals surface area contributed by atoms with Gasteiger partial charge in [-0.2, -0.15) is 15.0 Å². The van der Waals surface area contributed by atoms with E-state index < -0.39 is 0 Å². The van der Waals surface area contributed by atoms with Crippen molar-refractivity contribution in [3.05, 3.63) is 60.0 Å². The van der Waals surface area contributed by atoms with Gasteiger partial charge in [-0.05, 0) is 37.2 Å². The molecule has 1 saturated heterocycles. The topological polar surface area (TPSA) is 99.2 Å². The Morgan fingerprint density at radius 2 is 1.79 bits per heavy atom. The van der Waals surface area contributed by atoms with E-state index in [1.165, 1.54) is 0 Å². The van der Waals surface area contributed by atoms with E-state index in [0.29, 0.717) is 29.7 Å². The Morgan fingerprint density at radius 1 is 1.00 bits per heavy atom. The fraction of sp³-hybridized carbons (Fsp3) is 0.375. The zero-order valence-corrected chi connectivity index (χ0v) is 19.2. The van der Waals surface area contributed by atoms with Crippen molar-refractivity contribution in [2.75, 3.05) is 48.3 Å². The lowest BCUT2D eigenvalue weighted by Crippen LogP contribution is -2.47. The van der Waals surface area contributed by atoms with Gasteiger partial charge in [-0.3, -0.25) is 9.69 Å². The molecule has 0 atom stereocenters. The molecule has 0 spiro atoms. The largest absolute Gasteiger partial charge is 0.338 e. The SMILES string of the molecule is CCCN1CCN(c2nc(CC)nc(Nc3cc(C(=O)Nc4ccccc4)ccn3)n2)CC1. The highest BCUT2D eigenvalue weighted by molar-refractivity contribution is 6.04. The van der Waals surface area contributed by atoms with Crippen LogP contribution < -0.4 is 15.5 Å². The van der Waals surface area contributed by atoms with Gasteiger partial charge in [0, 0.05) is 50.0 Å². The van der Waals surface area contributed by atoms with Crippen LogP contribution in [0.1, 0.15) is 36.5 Å². The fourth-order valence-electron chi connectivity index (χ4n) is 3.73. The normalized spacial score (nSPS) is 14.2. The molecular formula is C24H30N8O. The number of anilines is 4. The van der Waals surface area contributed by atoms with Crippen molar-refractivity contribution in [1.29, 1.82) is 0 Å². The van der Waals surface area contributed by atoms with Gasteiger partial charge >= 0.3 is 0 Å². The summed E-state index contributed by atoms with van der Waals surface area (Å²) in [4.78, 5) is 35.5. The van der Waals surface area contributed by atoms with Gasteiger partial charge in [-0.15, -0.1) is 0 Å². The molecule has 1 fully saturated rings. The van der Waals surface area contributed by atoms with Crippen molar-refractivity contribution in [3.8, 4) is 0 Å². The summed E-state index contributed by atoms with van der Waals surface area (Å²) in [6.45, 7) is 9.14. The van der Waals surface area contributed by atoms with E-state index in [-0.39, 0.29) is 5.91 Å². The Labute approximate surface area is 194 Å². The van der Waals surface area contributed by atoms with Crippen LogP contribution in [0.5, 0.6) is 0 Å². The maximum atomic E-state index is 12.6. The molecule has 2 aromatic heterocycles. The minimum Gasteiger partial charge on any atom is -0.338 e. The predicted molar refractivity (Wildman–Crippen MR) is 130 cm³/mol. The van der Waals surface area contributed by atoms with E-state index in [2.05, 4.69) is 47.3 Å². The first-order valence-electron chi connectivity index (χ1n) is 11.5. The van der Waals surface area contributed by atoms with Crippen LogP contribution in [0.3, 0.4) is 0 Å². The number of hydrogen-bond acceptors (Lipinski definition) is 8. The molecule has 9 heteroatoms. The van der Waals surface area contributed by atoms with Gasteiger partial charge in [0.05, 0.1) is 0 Å². The number of nitrogens with one attached hydrogen (secondary N) is 2. The van der Waals surface area contributed by atoms with Crippen LogP contribution >= 0.6 is 0 Å². The summed E-state index contributed by atoms with van der Waals surface area (Å²) in [7, 11) is 0. The zero-order chi connectivity index (χ0) is 23.0. The molecule has 4 rings (SSSR count). The van der Waals surface area contributed by atoms with Crippen molar-refractivity contribution in [1.82, 2.24) is 24.8 Å². The molecule has 0 aliphatic carbocycles. The molecule has 0 saturated carbocycles. The Bertz CT molecular complexity index is 1070.